The number of fused-ring (bicyclic) bond motifs is 1. The maximum absolute atomic E-state index is 12.1. The second-order valence-corrected chi connectivity index (χ2v) is 9.02. The summed E-state index contributed by atoms with van der Waals surface area (Å²) in [4.78, 5) is 28.0. The molecular weight excluding hydrogens is 464 g/mol. The first kappa shape index (κ1) is 23.2. The van der Waals surface area contributed by atoms with Crippen molar-refractivity contribution in [1.82, 2.24) is 35.3 Å². The van der Waals surface area contributed by atoms with Gasteiger partial charge in [-0.3, -0.25) is 9.78 Å². The van der Waals surface area contributed by atoms with Gasteiger partial charge in [-0.05, 0) is 49.9 Å². The molecule has 0 saturated carbocycles. The molecule has 0 bridgehead atoms. The van der Waals surface area contributed by atoms with Crippen LogP contribution >= 0.6 is 11.6 Å². The molecule has 1 aromatic carbocycles. The molecule has 1 saturated heterocycles. The lowest BCUT2D eigenvalue weighted by Gasteiger charge is -2.32. The van der Waals surface area contributed by atoms with Crippen LogP contribution in [0.15, 0.2) is 42.9 Å². The number of amides is 1. The van der Waals surface area contributed by atoms with E-state index in [1.54, 1.807) is 18.3 Å². The van der Waals surface area contributed by atoms with E-state index < -0.39 is 0 Å². The average Bonchev–Trinajstić information content (AvgIpc) is 3.32. The van der Waals surface area contributed by atoms with E-state index >= 15 is 0 Å². The summed E-state index contributed by atoms with van der Waals surface area (Å²) in [6, 6.07) is 7.36. The molecule has 0 atom stereocenters. The standard InChI is InChI=1S/C25H27ClN8O/c1-3-16-13-29-25(30-14-16)33-9-7-18(8-10-33)34-23-15-28-21(12-22(23)31-32-34)19-6-5-17(11-20(19)26)24(35)27-4-2/h5-6,11-15,18H,3-4,7-10H2,1-2H3,(H,27,35). The molecule has 4 aromatic rings. The van der Waals surface area contributed by atoms with Crippen molar-refractivity contribution in [1.29, 1.82) is 0 Å². The van der Waals surface area contributed by atoms with E-state index in [1.807, 2.05) is 36.1 Å². The Labute approximate surface area is 208 Å². The fraction of sp³-hybridized carbons (Fsp3) is 0.360. The monoisotopic (exact) mass is 490 g/mol. The smallest absolute Gasteiger partial charge is 0.251 e. The predicted octanol–water partition coefficient (Wildman–Crippen LogP) is 4.09. The number of pyridine rings is 1. The van der Waals surface area contributed by atoms with Gasteiger partial charge in [0.25, 0.3) is 5.91 Å². The number of carbonyl (C=O) groups is 1. The number of nitrogens with zero attached hydrogens (tertiary/aromatic N) is 7. The number of aromatic nitrogens is 6. The molecule has 5 rings (SSSR count). The van der Waals surface area contributed by atoms with Crippen LogP contribution in [0.4, 0.5) is 5.95 Å². The molecule has 10 heteroatoms. The Kier molecular flexibility index (Phi) is 6.59. The Morgan fingerprint density at radius 3 is 2.54 bits per heavy atom. The second-order valence-electron chi connectivity index (χ2n) is 8.61. The van der Waals surface area contributed by atoms with Crippen LogP contribution in [-0.4, -0.2) is 55.5 Å². The zero-order valence-corrected chi connectivity index (χ0v) is 20.5. The summed E-state index contributed by atoms with van der Waals surface area (Å²) in [5, 5.41) is 12.1. The van der Waals surface area contributed by atoms with Gasteiger partial charge in [-0.1, -0.05) is 29.8 Å². The highest BCUT2D eigenvalue weighted by Crippen LogP contribution is 2.31. The van der Waals surface area contributed by atoms with Crippen LogP contribution < -0.4 is 10.2 Å². The molecule has 9 nitrogen and oxygen atoms in total. The van der Waals surface area contributed by atoms with Gasteiger partial charge in [-0.2, -0.15) is 0 Å². The minimum Gasteiger partial charge on any atom is -0.352 e. The number of aryl methyl sites for hydroxylation is 1. The highest BCUT2D eigenvalue weighted by Gasteiger charge is 2.24. The Balaban J connectivity index is 1.32. The van der Waals surface area contributed by atoms with Crippen LogP contribution in [0.2, 0.25) is 5.02 Å². The number of halogens is 1. The van der Waals surface area contributed by atoms with Crippen molar-refractivity contribution in [3.8, 4) is 11.3 Å². The summed E-state index contributed by atoms with van der Waals surface area (Å²) in [5.74, 6) is 0.633. The first-order chi connectivity index (χ1) is 17.1. The van der Waals surface area contributed by atoms with Crippen LogP contribution in [0.1, 0.15) is 48.7 Å². The lowest BCUT2D eigenvalue weighted by atomic mass is 10.1. The zero-order chi connectivity index (χ0) is 24.4. The second kappa shape index (κ2) is 9.95. The Morgan fingerprint density at radius 2 is 1.86 bits per heavy atom. The molecule has 4 heterocycles. The number of rotatable bonds is 6. The maximum atomic E-state index is 12.1. The summed E-state index contributed by atoms with van der Waals surface area (Å²) in [6.45, 7) is 6.25. The molecule has 180 valence electrons. The van der Waals surface area contributed by atoms with Crippen LogP contribution in [0.25, 0.3) is 22.3 Å². The Bertz CT molecular complexity index is 1350. The van der Waals surface area contributed by atoms with Gasteiger partial charge in [-0.15, -0.1) is 5.10 Å². The largest absolute Gasteiger partial charge is 0.352 e. The fourth-order valence-corrected chi connectivity index (χ4v) is 4.66. The molecule has 1 aliphatic heterocycles. The van der Waals surface area contributed by atoms with Crippen molar-refractivity contribution in [2.75, 3.05) is 24.5 Å². The third kappa shape index (κ3) is 4.68. The van der Waals surface area contributed by atoms with Crippen molar-refractivity contribution < 1.29 is 4.79 Å². The molecule has 0 radical (unpaired) electrons. The molecule has 1 N–H and O–H groups in total. The molecule has 35 heavy (non-hydrogen) atoms. The third-order valence-electron chi connectivity index (χ3n) is 6.40. The molecule has 0 spiro atoms. The van der Waals surface area contributed by atoms with Crippen molar-refractivity contribution in [2.24, 2.45) is 0 Å². The number of carbonyl (C=O) groups excluding carboxylic acids is 1. The topological polar surface area (TPSA) is 102 Å². The number of anilines is 1. The van der Waals surface area contributed by atoms with Gasteiger partial charge in [0.1, 0.15) is 11.0 Å². The quantitative estimate of drug-likeness (QED) is 0.434. The highest BCUT2D eigenvalue weighted by atomic mass is 35.5. The highest BCUT2D eigenvalue weighted by molar-refractivity contribution is 6.33. The fourth-order valence-electron chi connectivity index (χ4n) is 4.39. The van der Waals surface area contributed by atoms with Crippen LogP contribution in [0.3, 0.4) is 0 Å². The minimum absolute atomic E-state index is 0.150. The summed E-state index contributed by atoms with van der Waals surface area (Å²) in [6.07, 6.45) is 8.39. The molecule has 1 fully saturated rings. The average molecular weight is 491 g/mol. The van der Waals surface area contributed by atoms with E-state index in [9.17, 15) is 4.79 Å². The molecule has 0 unspecified atom stereocenters. The maximum Gasteiger partial charge on any atom is 0.251 e. The normalized spacial score (nSPS) is 14.4. The van der Waals surface area contributed by atoms with Gasteiger partial charge in [0, 0.05) is 43.2 Å². The number of nitrogens with one attached hydrogen (secondary N) is 1. The summed E-state index contributed by atoms with van der Waals surface area (Å²) in [7, 11) is 0. The molecular formula is C25H27ClN8O. The van der Waals surface area contributed by atoms with E-state index in [1.165, 1.54) is 0 Å². The number of hydrogen-bond donors (Lipinski definition) is 1. The Hall–Kier alpha value is -3.59. The van der Waals surface area contributed by atoms with Crippen LogP contribution in [-0.2, 0) is 6.42 Å². The molecule has 1 aliphatic rings. The van der Waals surface area contributed by atoms with Gasteiger partial charge in [-0.25, -0.2) is 14.6 Å². The van der Waals surface area contributed by atoms with Crippen molar-refractivity contribution in [3.63, 3.8) is 0 Å². The van der Waals surface area contributed by atoms with E-state index in [2.05, 4.69) is 42.4 Å². The minimum atomic E-state index is -0.150. The molecule has 1 amide bonds. The van der Waals surface area contributed by atoms with E-state index in [-0.39, 0.29) is 11.9 Å². The summed E-state index contributed by atoms with van der Waals surface area (Å²) < 4.78 is 1.98. The van der Waals surface area contributed by atoms with Crippen molar-refractivity contribution >= 4 is 34.5 Å². The SMILES string of the molecule is CCNC(=O)c1ccc(-c2cc3nnn(C4CCN(c5ncc(CC)cn5)CC4)c3cn2)c(Cl)c1. The van der Waals surface area contributed by atoms with Gasteiger partial charge in [0.15, 0.2) is 0 Å². The van der Waals surface area contributed by atoms with E-state index in [4.69, 9.17) is 11.6 Å². The number of benzene rings is 1. The van der Waals surface area contributed by atoms with Gasteiger partial charge >= 0.3 is 0 Å². The van der Waals surface area contributed by atoms with E-state index in [0.717, 1.165) is 60.5 Å². The third-order valence-corrected chi connectivity index (χ3v) is 6.71. The molecule has 3 aromatic heterocycles. The summed E-state index contributed by atoms with van der Waals surface area (Å²) in [5.41, 5.74) is 4.76. The molecule has 0 aliphatic carbocycles. The van der Waals surface area contributed by atoms with Crippen molar-refractivity contribution in [3.05, 3.63) is 59.0 Å². The van der Waals surface area contributed by atoms with Gasteiger partial charge < -0.3 is 10.2 Å². The first-order valence-electron chi connectivity index (χ1n) is 11.9. The van der Waals surface area contributed by atoms with Crippen LogP contribution in [0.5, 0.6) is 0 Å². The lowest BCUT2D eigenvalue weighted by molar-refractivity contribution is 0.0956. The number of piperidine rings is 1. The van der Waals surface area contributed by atoms with Gasteiger partial charge in [0.2, 0.25) is 5.95 Å². The van der Waals surface area contributed by atoms with Crippen molar-refractivity contribution in [2.45, 2.75) is 39.2 Å². The Morgan fingerprint density at radius 1 is 1.09 bits per heavy atom. The van der Waals surface area contributed by atoms with Gasteiger partial charge in [0.05, 0.1) is 23.0 Å². The summed E-state index contributed by atoms with van der Waals surface area (Å²) >= 11 is 6.49. The van der Waals surface area contributed by atoms with Crippen LogP contribution in [0, 0.1) is 0 Å². The lowest BCUT2D eigenvalue weighted by Crippen LogP contribution is -2.36. The first-order valence-corrected chi connectivity index (χ1v) is 12.3. The number of hydrogen-bond acceptors (Lipinski definition) is 7. The van der Waals surface area contributed by atoms with E-state index in [0.29, 0.717) is 22.8 Å². The predicted molar refractivity (Wildman–Crippen MR) is 136 cm³/mol. The zero-order valence-electron chi connectivity index (χ0n) is 19.8.